The lowest BCUT2D eigenvalue weighted by Gasteiger charge is -2.33. The van der Waals surface area contributed by atoms with Crippen LogP contribution < -0.4 is 5.32 Å². The molecule has 0 aliphatic carbocycles. The smallest absolute Gasteiger partial charge is 0.311 e. The van der Waals surface area contributed by atoms with Crippen LogP contribution in [0.4, 0.5) is 0 Å². The minimum atomic E-state index is -0.882. The van der Waals surface area contributed by atoms with E-state index in [1.54, 1.807) is 4.90 Å². The van der Waals surface area contributed by atoms with E-state index in [-0.39, 0.29) is 29.8 Å². The maximum atomic E-state index is 14.0. The Bertz CT molecular complexity index is 1080. The van der Waals surface area contributed by atoms with Gasteiger partial charge in [0.05, 0.1) is 25.2 Å². The van der Waals surface area contributed by atoms with E-state index in [2.05, 4.69) is 5.32 Å². The summed E-state index contributed by atoms with van der Waals surface area (Å²) in [6.45, 7) is 7.05. The average molecular weight is 507 g/mol. The molecule has 198 valence electrons. The van der Waals surface area contributed by atoms with Gasteiger partial charge in [-0.2, -0.15) is 0 Å². The van der Waals surface area contributed by atoms with E-state index in [1.807, 2.05) is 81.4 Å². The molecular formula is C30H38N2O5. The number of ether oxygens (including phenoxy) is 2. The van der Waals surface area contributed by atoms with Gasteiger partial charge in [-0.25, -0.2) is 0 Å². The first-order valence-corrected chi connectivity index (χ1v) is 13.1. The van der Waals surface area contributed by atoms with E-state index in [1.165, 1.54) is 7.11 Å². The summed E-state index contributed by atoms with van der Waals surface area (Å²) in [5.41, 5.74) is 1.32. The summed E-state index contributed by atoms with van der Waals surface area (Å²) in [5.74, 6) is -2.21. The van der Waals surface area contributed by atoms with Gasteiger partial charge in [-0.3, -0.25) is 14.4 Å². The molecule has 1 N–H and O–H groups in total. The molecule has 2 aliphatic heterocycles. The summed E-state index contributed by atoms with van der Waals surface area (Å²) in [4.78, 5) is 43.1. The second-order valence-corrected chi connectivity index (χ2v) is 11.2. The maximum Gasteiger partial charge on any atom is 0.311 e. The largest absolute Gasteiger partial charge is 0.469 e. The highest BCUT2D eigenvalue weighted by molar-refractivity contribution is 5.92. The molecule has 2 aliphatic rings. The number of benzene rings is 2. The van der Waals surface area contributed by atoms with Crippen LogP contribution in [0.25, 0.3) is 0 Å². The lowest BCUT2D eigenvalue weighted by molar-refractivity contribution is -0.148. The first kappa shape index (κ1) is 26.9. The van der Waals surface area contributed by atoms with Gasteiger partial charge in [-0.1, -0.05) is 81.4 Å². The predicted molar refractivity (Wildman–Crippen MR) is 141 cm³/mol. The average Bonchev–Trinajstić information content (AvgIpc) is 3.53. The Morgan fingerprint density at radius 2 is 1.62 bits per heavy atom. The second-order valence-electron chi connectivity index (χ2n) is 11.2. The van der Waals surface area contributed by atoms with E-state index in [9.17, 15) is 14.4 Å². The number of nitrogens with one attached hydrogen (secondary N) is 1. The quantitative estimate of drug-likeness (QED) is 0.568. The number of likely N-dealkylation sites (tertiary alicyclic amines) is 1. The summed E-state index contributed by atoms with van der Waals surface area (Å²) < 4.78 is 11.0. The van der Waals surface area contributed by atoms with Gasteiger partial charge in [-0.05, 0) is 29.4 Å². The molecule has 7 heteroatoms. The summed E-state index contributed by atoms with van der Waals surface area (Å²) in [5, 5.41) is 3.05. The van der Waals surface area contributed by atoms with E-state index < -0.39 is 29.9 Å². The zero-order valence-electron chi connectivity index (χ0n) is 22.2. The number of hydrogen-bond acceptors (Lipinski definition) is 5. The first-order valence-electron chi connectivity index (χ1n) is 13.1. The third kappa shape index (κ3) is 6.04. The molecule has 2 fully saturated rings. The van der Waals surface area contributed by atoms with Crippen molar-refractivity contribution < 1.29 is 23.9 Å². The molecule has 0 spiro atoms. The van der Waals surface area contributed by atoms with Crippen molar-refractivity contribution in [2.45, 2.75) is 64.1 Å². The number of hydrogen-bond donors (Lipinski definition) is 1. The Balaban J connectivity index is 1.84. The number of rotatable bonds is 7. The first-order chi connectivity index (χ1) is 17.7. The molecule has 5 unspecified atom stereocenters. The number of methoxy groups -OCH3 is 1. The fourth-order valence-corrected chi connectivity index (χ4v) is 5.68. The van der Waals surface area contributed by atoms with Crippen LogP contribution in [0.15, 0.2) is 60.7 Å². The van der Waals surface area contributed by atoms with E-state index >= 15 is 0 Å². The van der Waals surface area contributed by atoms with Gasteiger partial charge in [-0.15, -0.1) is 0 Å². The number of carbonyl (C=O) groups excluding carboxylic acids is 3. The molecule has 5 atom stereocenters. The summed E-state index contributed by atoms with van der Waals surface area (Å²) in [6, 6.07) is 17.5. The van der Waals surface area contributed by atoms with E-state index in [0.29, 0.717) is 13.2 Å². The molecule has 2 amide bonds. The molecule has 2 aromatic rings. The van der Waals surface area contributed by atoms with Gasteiger partial charge in [0, 0.05) is 25.5 Å². The molecule has 0 radical (unpaired) electrons. The Hall–Kier alpha value is -3.19. The summed E-state index contributed by atoms with van der Waals surface area (Å²) in [6.07, 6.45) is 2.05. The van der Waals surface area contributed by atoms with Crippen molar-refractivity contribution in [1.29, 1.82) is 0 Å². The maximum absolute atomic E-state index is 14.0. The van der Waals surface area contributed by atoms with Crippen molar-refractivity contribution >= 4 is 17.8 Å². The topological polar surface area (TPSA) is 84.9 Å². The van der Waals surface area contributed by atoms with Crippen molar-refractivity contribution in [3.05, 3.63) is 71.8 Å². The van der Waals surface area contributed by atoms with Gasteiger partial charge in [0.15, 0.2) is 0 Å². The zero-order chi connectivity index (χ0) is 26.6. The molecule has 0 saturated carbocycles. The normalized spacial score (nSPS) is 25.6. The van der Waals surface area contributed by atoms with Gasteiger partial charge in [0.25, 0.3) is 0 Å². The number of amides is 2. The molecule has 2 saturated heterocycles. The lowest BCUT2D eigenvalue weighted by Crippen LogP contribution is -2.50. The van der Waals surface area contributed by atoms with Crippen LogP contribution in [0.5, 0.6) is 0 Å². The minimum Gasteiger partial charge on any atom is -0.469 e. The van der Waals surface area contributed by atoms with Crippen LogP contribution >= 0.6 is 0 Å². The fourth-order valence-electron chi connectivity index (χ4n) is 5.68. The third-order valence-corrected chi connectivity index (χ3v) is 7.23. The molecular weight excluding hydrogens is 468 g/mol. The Morgan fingerprint density at radius 3 is 2.16 bits per heavy atom. The molecule has 4 rings (SSSR count). The van der Waals surface area contributed by atoms with Crippen LogP contribution in [-0.4, -0.2) is 55.1 Å². The van der Waals surface area contributed by atoms with Crippen molar-refractivity contribution in [1.82, 2.24) is 10.2 Å². The van der Waals surface area contributed by atoms with Gasteiger partial charge >= 0.3 is 5.97 Å². The Kier molecular flexibility index (Phi) is 8.32. The number of nitrogens with zero attached hydrogens (tertiary/aromatic N) is 1. The van der Waals surface area contributed by atoms with Crippen molar-refractivity contribution in [2.24, 2.45) is 11.3 Å². The highest BCUT2D eigenvalue weighted by Gasteiger charge is 2.58. The third-order valence-electron chi connectivity index (χ3n) is 7.23. The second kappa shape index (κ2) is 11.5. The van der Waals surface area contributed by atoms with Gasteiger partial charge in [0.2, 0.25) is 11.8 Å². The van der Waals surface area contributed by atoms with Gasteiger partial charge in [0.1, 0.15) is 6.04 Å². The zero-order valence-corrected chi connectivity index (χ0v) is 22.2. The van der Waals surface area contributed by atoms with Crippen LogP contribution in [0.3, 0.4) is 0 Å². The molecule has 0 aromatic heterocycles. The molecule has 7 nitrogen and oxygen atoms in total. The van der Waals surface area contributed by atoms with Crippen molar-refractivity contribution in [3.63, 3.8) is 0 Å². The summed E-state index contributed by atoms with van der Waals surface area (Å²) >= 11 is 0. The highest BCUT2D eigenvalue weighted by atomic mass is 16.5. The molecule has 2 heterocycles. The van der Waals surface area contributed by atoms with Crippen molar-refractivity contribution in [2.75, 3.05) is 20.3 Å². The van der Waals surface area contributed by atoms with Crippen LogP contribution in [0.2, 0.25) is 0 Å². The van der Waals surface area contributed by atoms with Gasteiger partial charge < -0.3 is 19.7 Å². The van der Waals surface area contributed by atoms with Crippen molar-refractivity contribution in [3.8, 4) is 0 Å². The summed E-state index contributed by atoms with van der Waals surface area (Å²) in [7, 11) is 1.36. The molecule has 2 aromatic carbocycles. The Labute approximate surface area is 219 Å². The SMILES string of the molecule is COC(=O)C1C(c2ccccc2)C(C(=O)NCC2CCCO2)N(C(=O)CC(C)(C)C)C1c1ccccc1. The fraction of sp³-hybridized carbons (Fsp3) is 0.500. The van der Waals surface area contributed by atoms with Crippen LogP contribution in [-0.2, 0) is 23.9 Å². The van der Waals surface area contributed by atoms with Crippen LogP contribution in [0, 0.1) is 11.3 Å². The number of esters is 1. The van der Waals surface area contributed by atoms with E-state index in [4.69, 9.17) is 9.47 Å². The van der Waals surface area contributed by atoms with Crippen LogP contribution in [0.1, 0.15) is 63.1 Å². The number of carbonyl (C=O) groups is 3. The monoisotopic (exact) mass is 506 g/mol. The highest BCUT2D eigenvalue weighted by Crippen LogP contribution is 2.51. The molecule has 37 heavy (non-hydrogen) atoms. The minimum absolute atomic E-state index is 0.0411. The Morgan fingerprint density at radius 1 is 1.00 bits per heavy atom. The molecule has 0 bridgehead atoms. The predicted octanol–water partition coefficient (Wildman–Crippen LogP) is 4.24. The standard InChI is InChI=1S/C30H38N2O5/c1-30(2,3)18-23(33)32-26(21-14-9-6-10-15-21)25(29(35)36-4)24(20-12-7-5-8-13-20)27(32)28(34)31-19-22-16-11-17-37-22/h5-10,12-15,22,24-27H,11,16-19H2,1-4H3,(H,31,34). The van der Waals surface area contributed by atoms with E-state index in [0.717, 1.165) is 24.0 Å². The lowest BCUT2D eigenvalue weighted by atomic mass is 9.80.